The third kappa shape index (κ3) is 4.25. The van der Waals surface area contributed by atoms with Crippen LogP contribution in [0.1, 0.15) is 41.5 Å². The molecule has 1 saturated heterocycles. The molecule has 0 unspecified atom stereocenters. The summed E-state index contributed by atoms with van der Waals surface area (Å²) in [5, 5.41) is 0. The summed E-state index contributed by atoms with van der Waals surface area (Å²) in [5.41, 5.74) is 3.10. The Morgan fingerprint density at radius 3 is 2.63 bits per heavy atom. The molecule has 0 radical (unpaired) electrons. The molecule has 7 nitrogen and oxygen atoms in total. The molecule has 1 fully saturated rings. The van der Waals surface area contributed by atoms with Crippen molar-refractivity contribution in [2.24, 2.45) is 5.92 Å². The van der Waals surface area contributed by atoms with E-state index in [0.29, 0.717) is 17.0 Å². The average Bonchev–Trinajstić information content (AvgIpc) is 3.26. The van der Waals surface area contributed by atoms with Crippen molar-refractivity contribution in [2.75, 3.05) is 25.2 Å². The number of amides is 1. The van der Waals surface area contributed by atoms with E-state index in [9.17, 15) is 14.4 Å². The number of aryl methyl sites for hydroxylation is 1. The summed E-state index contributed by atoms with van der Waals surface area (Å²) in [5.74, 6) is -0.975. The highest BCUT2D eigenvalue weighted by molar-refractivity contribution is 6.02. The van der Waals surface area contributed by atoms with Gasteiger partial charge in [0.2, 0.25) is 11.7 Å². The highest BCUT2D eigenvalue weighted by Crippen LogP contribution is 2.33. The van der Waals surface area contributed by atoms with Crippen LogP contribution >= 0.6 is 0 Å². The highest BCUT2D eigenvalue weighted by atomic mass is 16.5. The minimum absolute atomic E-state index is 0.0517. The normalized spacial score (nSPS) is 16.1. The molecule has 160 valence electrons. The predicted molar refractivity (Wildman–Crippen MR) is 113 cm³/mol. The van der Waals surface area contributed by atoms with E-state index in [2.05, 4.69) is 11.5 Å². The van der Waals surface area contributed by atoms with Crippen molar-refractivity contribution in [3.05, 3.63) is 47.3 Å². The molecule has 0 spiro atoms. The Morgan fingerprint density at radius 2 is 1.93 bits per heavy atom. The molecule has 3 rings (SSSR count). The monoisotopic (exact) mass is 412 g/mol. The number of anilines is 1. The van der Waals surface area contributed by atoms with Crippen LogP contribution in [0, 0.1) is 19.8 Å². The van der Waals surface area contributed by atoms with Crippen molar-refractivity contribution in [3.8, 4) is 5.75 Å². The quantitative estimate of drug-likeness (QED) is 0.491. The molecule has 30 heavy (non-hydrogen) atoms. The van der Waals surface area contributed by atoms with Gasteiger partial charge in [0.25, 0.3) is 0 Å². The number of nitrogens with zero attached hydrogens (tertiary/aromatic N) is 2. The molecule has 7 heteroatoms. The van der Waals surface area contributed by atoms with Crippen LogP contribution in [0.5, 0.6) is 5.75 Å². The van der Waals surface area contributed by atoms with Gasteiger partial charge < -0.3 is 18.9 Å². The number of ketones is 1. The third-order valence-electron chi connectivity index (χ3n) is 5.50. The smallest absolute Gasteiger partial charge is 0.311 e. The molecule has 1 aromatic heterocycles. The summed E-state index contributed by atoms with van der Waals surface area (Å²) in [6.07, 6.45) is 1.02. The van der Waals surface area contributed by atoms with Crippen molar-refractivity contribution < 1.29 is 23.9 Å². The van der Waals surface area contributed by atoms with Gasteiger partial charge >= 0.3 is 5.97 Å². The topological polar surface area (TPSA) is 77.8 Å². The van der Waals surface area contributed by atoms with Crippen molar-refractivity contribution in [1.29, 1.82) is 0 Å². The molecule has 1 amide bonds. The summed E-state index contributed by atoms with van der Waals surface area (Å²) in [6.45, 7) is 6.67. The number of esters is 1. The molecule has 0 saturated carbocycles. The number of hydrogen-bond acceptors (Lipinski definition) is 5. The second-order valence-corrected chi connectivity index (χ2v) is 7.54. The Kier molecular flexibility index (Phi) is 6.59. The van der Waals surface area contributed by atoms with E-state index in [1.54, 1.807) is 12.1 Å². The van der Waals surface area contributed by atoms with E-state index in [1.807, 2.05) is 32.0 Å². The fraction of sp³-hybridized carbons (Fsp3) is 0.435. The SMILES string of the molecule is CCCn1c(C)cc(C(=O)COC(=O)[C@H]2CC(=O)N(c3ccccc3OC)C2)c1C. The van der Waals surface area contributed by atoms with Crippen molar-refractivity contribution >= 4 is 23.3 Å². The molecule has 2 aromatic rings. The molecular weight excluding hydrogens is 384 g/mol. The third-order valence-corrected chi connectivity index (χ3v) is 5.50. The maximum atomic E-state index is 12.6. The lowest BCUT2D eigenvalue weighted by molar-refractivity contribution is -0.147. The van der Waals surface area contributed by atoms with E-state index in [0.717, 1.165) is 24.4 Å². The Bertz CT molecular complexity index is 962. The van der Waals surface area contributed by atoms with Gasteiger partial charge in [0.05, 0.1) is 18.7 Å². The summed E-state index contributed by atoms with van der Waals surface area (Å²) in [4.78, 5) is 39.1. The number of rotatable bonds is 8. The molecule has 0 N–H and O–H groups in total. The van der Waals surface area contributed by atoms with Crippen LogP contribution in [0.4, 0.5) is 5.69 Å². The molecule has 1 aliphatic heterocycles. The Balaban J connectivity index is 1.63. The number of methoxy groups -OCH3 is 1. The van der Waals surface area contributed by atoms with Gasteiger partial charge in [-0.2, -0.15) is 0 Å². The highest BCUT2D eigenvalue weighted by Gasteiger charge is 2.37. The maximum Gasteiger partial charge on any atom is 0.311 e. The van der Waals surface area contributed by atoms with Crippen molar-refractivity contribution in [3.63, 3.8) is 0 Å². The van der Waals surface area contributed by atoms with Crippen LogP contribution in [-0.4, -0.2) is 42.5 Å². The zero-order valence-corrected chi connectivity index (χ0v) is 17.9. The number of para-hydroxylation sites is 2. The van der Waals surface area contributed by atoms with E-state index in [1.165, 1.54) is 12.0 Å². The van der Waals surface area contributed by atoms with E-state index < -0.39 is 11.9 Å². The second-order valence-electron chi connectivity index (χ2n) is 7.54. The van der Waals surface area contributed by atoms with Crippen LogP contribution in [0.3, 0.4) is 0 Å². The minimum atomic E-state index is -0.609. The van der Waals surface area contributed by atoms with E-state index >= 15 is 0 Å². The standard InChI is InChI=1S/C23H28N2O5/c1-5-10-24-15(2)11-18(16(24)3)20(26)14-30-23(28)17-12-22(27)25(13-17)19-8-6-7-9-21(19)29-4/h6-9,11,17H,5,10,12-14H2,1-4H3/t17-/m0/s1. The molecule has 0 bridgehead atoms. The van der Waals surface area contributed by atoms with Gasteiger partial charge in [0, 0.05) is 36.5 Å². The van der Waals surface area contributed by atoms with Gasteiger partial charge in [0.1, 0.15) is 5.75 Å². The molecule has 0 aliphatic carbocycles. The Hall–Kier alpha value is -3.09. The number of carbonyl (C=O) groups excluding carboxylic acids is 3. The van der Waals surface area contributed by atoms with Crippen molar-refractivity contribution in [1.82, 2.24) is 4.57 Å². The first-order chi connectivity index (χ1) is 14.4. The van der Waals surface area contributed by atoms with Gasteiger partial charge in [-0.05, 0) is 38.5 Å². The molecule has 1 atom stereocenters. The lowest BCUT2D eigenvalue weighted by Gasteiger charge is -2.19. The van der Waals surface area contributed by atoms with E-state index in [4.69, 9.17) is 9.47 Å². The van der Waals surface area contributed by atoms with Crippen molar-refractivity contribution in [2.45, 2.75) is 40.2 Å². The van der Waals surface area contributed by atoms with Gasteiger partial charge in [-0.1, -0.05) is 19.1 Å². The fourth-order valence-electron chi connectivity index (χ4n) is 3.93. The first-order valence-electron chi connectivity index (χ1n) is 10.2. The largest absolute Gasteiger partial charge is 0.495 e. The Labute approximate surface area is 176 Å². The summed E-state index contributed by atoms with van der Waals surface area (Å²) in [6, 6.07) is 9.01. The molecule has 2 heterocycles. The van der Waals surface area contributed by atoms with Crippen LogP contribution in [-0.2, 0) is 20.9 Å². The van der Waals surface area contributed by atoms with Crippen LogP contribution < -0.4 is 9.64 Å². The number of carbonyl (C=O) groups is 3. The minimum Gasteiger partial charge on any atom is -0.495 e. The number of hydrogen-bond donors (Lipinski definition) is 0. The van der Waals surface area contributed by atoms with Crippen LogP contribution in [0.25, 0.3) is 0 Å². The van der Waals surface area contributed by atoms with Crippen LogP contribution in [0.2, 0.25) is 0 Å². The molecule has 1 aliphatic rings. The summed E-state index contributed by atoms with van der Waals surface area (Å²) in [7, 11) is 1.54. The maximum absolute atomic E-state index is 12.6. The number of Topliss-reactive ketones (excluding diaryl/α,β-unsaturated/α-hetero) is 1. The zero-order valence-electron chi connectivity index (χ0n) is 17.9. The summed E-state index contributed by atoms with van der Waals surface area (Å²) >= 11 is 0. The Morgan fingerprint density at radius 1 is 1.20 bits per heavy atom. The average molecular weight is 412 g/mol. The number of benzene rings is 1. The first-order valence-corrected chi connectivity index (χ1v) is 10.2. The lowest BCUT2D eigenvalue weighted by Crippen LogP contribution is -2.27. The summed E-state index contributed by atoms with van der Waals surface area (Å²) < 4.78 is 12.7. The molecular formula is C23H28N2O5. The fourth-order valence-corrected chi connectivity index (χ4v) is 3.93. The zero-order chi connectivity index (χ0) is 21.8. The predicted octanol–water partition coefficient (Wildman–Crippen LogP) is 3.30. The van der Waals surface area contributed by atoms with Gasteiger partial charge in [-0.15, -0.1) is 0 Å². The van der Waals surface area contributed by atoms with Gasteiger partial charge in [0.15, 0.2) is 6.61 Å². The first kappa shape index (κ1) is 21.6. The van der Waals surface area contributed by atoms with Gasteiger partial charge in [-0.3, -0.25) is 14.4 Å². The van der Waals surface area contributed by atoms with Gasteiger partial charge in [-0.25, -0.2) is 0 Å². The van der Waals surface area contributed by atoms with Crippen LogP contribution in [0.15, 0.2) is 30.3 Å². The number of aromatic nitrogens is 1. The lowest BCUT2D eigenvalue weighted by atomic mass is 10.1. The number of ether oxygens (including phenoxy) is 2. The molecule has 1 aromatic carbocycles. The second kappa shape index (κ2) is 9.15. The van der Waals surface area contributed by atoms with E-state index in [-0.39, 0.29) is 31.3 Å².